The Morgan fingerprint density at radius 1 is 1.17 bits per heavy atom. The van der Waals surface area contributed by atoms with Gasteiger partial charge < -0.3 is 20.3 Å². The van der Waals surface area contributed by atoms with Crippen molar-refractivity contribution in [2.75, 3.05) is 35.8 Å². The van der Waals surface area contributed by atoms with Crippen LogP contribution < -0.4 is 15.5 Å². The van der Waals surface area contributed by atoms with E-state index < -0.39 is 5.41 Å². The monoisotopic (exact) mass is 406 g/mol. The van der Waals surface area contributed by atoms with Crippen molar-refractivity contribution in [3.63, 3.8) is 0 Å². The number of likely N-dealkylation sites (N-methyl/N-ethyl adjacent to an activating group) is 1. The molecule has 3 aromatic rings. The van der Waals surface area contributed by atoms with E-state index in [0.717, 1.165) is 54.5 Å². The number of nitrogens with zero attached hydrogens (tertiary/aromatic N) is 4. The van der Waals surface area contributed by atoms with E-state index in [1.165, 1.54) is 0 Å². The summed E-state index contributed by atoms with van der Waals surface area (Å²) in [5.41, 5.74) is 3.06. The molecule has 0 atom stereocenters. The van der Waals surface area contributed by atoms with E-state index in [1.54, 1.807) is 4.90 Å². The number of rotatable bonds is 4. The summed E-state index contributed by atoms with van der Waals surface area (Å²) in [5.74, 6) is 1.53. The topological polar surface area (TPSA) is 83.8 Å². The van der Waals surface area contributed by atoms with E-state index >= 15 is 0 Å². The van der Waals surface area contributed by atoms with Gasteiger partial charge in [0.15, 0.2) is 5.65 Å². The summed E-state index contributed by atoms with van der Waals surface area (Å²) >= 11 is 0. The first-order valence-electron chi connectivity index (χ1n) is 10.3. The third kappa shape index (κ3) is 3.08. The first-order valence-corrected chi connectivity index (χ1v) is 10.3. The number of hydrogen-bond donors (Lipinski definition) is 2. The molecule has 2 aliphatic heterocycles. The van der Waals surface area contributed by atoms with E-state index in [0.29, 0.717) is 12.0 Å². The molecule has 1 saturated heterocycles. The van der Waals surface area contributed by atoms with Gasteiger partial charge in [-0.3, -0.25) is 4.79 Å². The fourth-order valence-corrected chi connectivity index (χ4v) is 4.31. The Morgan fingerprint density at radius 3 is 2.77 bits per heavy atom. The molecule has 5 rings (SSSR count). The highest BCUT2D eigenvalue weighted by molar-refractivity contribution is 6.07. The molecule has 0 radical (unpaired) electrons. The highest BCUT2D eigenvalue weighted by Crippen LogP contribution is 2.42. The van der Waals surface area contributed by atoms with Crippen molar-refractivity contribution in [2.24, 2.45) is 0 Å². The average Bonchev–Trinajstić information content (AvgIpc) is 3.23. The van der Waals surface area contributed by atoms with E-state index in [4.69, 9.17) is 4.74 Å². The first-order chi connectivity index (χ1) is 14.4. The van der Waals surface area contributed by atoms with Crippen molar-refractivity contribution in [1.29, 1.82) is 0 Å². The number of fused-ring (bicyclic) bond motifs is 2. The number of anilines is 4. The van der Waals surface area contributed by atoms with E-state index in [1.807, 2.05) is 61.8 Å². The minimum atomic E-state index is -0.505. The van der Waals surface area contributed by atoms with Crippen LogP contribution in [-0.4, -0.2) is 46.8 Å². The lowest BCUT2D eigenvalue weighted by atomic mass is 9.86. The van der Waals surface area contributed by atoms with Gasteiger partial charge in [-0.1, -0.05) is 12.1 Å². The third-order valence-electron chi connectivity index (χ3n) is 6.06. The van der Waals surface area contributed by atoms with Gasteiger partial charge in [-0.15, -0.1) is 5.10 Å². The van der Waals surface area contributed by atoms with Crippen molar-refractivity contribution in [3.8, 4) is 0 Å². The molecule has 30 heavy (non-hydrogen) atoms. The highest BCUT2D eigenvalue weighted by atomic mass is 16.5. The van der Waals surface area contributed by atoms with Gasteiger partial charge in [-0.05, 0) is 56.5 Å². The first kappa shape index (κ1) is 18.9. The summed E-state index contributed by atoms with van der Waals surface area (Å²) in [5, 5.41) is 11.5. The average molecular weight is 406 g/mol. The Bertz CT molecular complexity index is 1120. The minimum absolute atomic E-state index is 0.101. The van der Waals surface area contributed by atoms with Gasteiger partial charge in [0.05, 0.1) is 5.41 Å². The number of carbonyl (C=O) groups excluding carboxylic acids is 1. The van der Waals surface area contributed by atoms with Gasteiger partial charge >= 0.3 is 0 Å². The van der Waals surface area contributed by atoms with E-state index in [2.05, 4.69) is 20.7 Å². The van der Waals surface area contributed by atoms with Crippen molar-refractivity contribution in [3.05, 3.63) is 42.0 Å². The Kier molecular flexibility index (Phi) is 4.39. The van der Waals surface area contributed by atoms with Crippen molar-refractivity contribution < 1.29 is 9.53 Å². The minimum Gasteiger partial charge on any atom is -0.381 e. The van der Waals surface area contributed by atoms with Crippen LogP contribution in [0, 0.1) is 0 Å². The van der Waals surface area contributed by atoms with E-state index in [-0.39, 0.29) is 5.91 Å². The summed E-state index contributed by atoms with van der Waals surface area (Å²) in [6.45, 7) is 5.48. The summed E-state index contributed by atoms with van der Waals surface area (Å²) in [4.78, 5) is 18.9. The lowest BCUT2D eigenvalue weighted by molar-refractivity contribution is -0.121. The number of benzene rings is 1. The fourth-order valence-electron chi connectivity index (χ4n) is 4.31. The van der Waals surface area contributed by atoms with Crippen LogP contribution in [0.3, 0.4) is 0 Å². The molecule has 1 aromatic carbocycles. The number of carbonyl (C=O) groups is 1. The normalized spacial score (nSPS) is 18.6. The molecule has 0 spiro atoms. The Balaban J connectivity index is 1.41. The molecule has 4 heterocycles. The number of aromatic nitrogens is 3. The van der Waals surface area contributed by atoms with Crippen LogP contribution in [0.25, 0.3) is 5.65 Å². The van der Waals surface area contributed by atoms with Crippen LogP contribution in [-0.2, 0) is 14.9 Å². The van der Waals surface area contributed by atoms with Crippen LogP contribution in [0.5, 0.6) is 0 Å². The van der Waals surface area contributed by atoms with Gasteiger partial charge in [0, 0.05) is 37.7 Å². The standard InChI is InChI=1S/C22H26N6O2/c1-22(2)16-8-7-15(13-17(16)27(3)20(22)29)24-21-25-19-6-4-5-18(28(19)26-21)23-14-9-11-30-12-10-14/h4-8,13-14,23H,9-12H2,1-3H3,(H,24,26). The summed E-state index contributed by atoms with van der Waals surface area (Å²) in [6, 6.07) is 12.3. The van der Waals surface area contributed by atoms with Crippen molar-refractivity contribution in [1.82, 2.24) is 14.6 Å². The molecule has 2 N–H and O–H groups in total. The fraction of sp³-hybridized carbons (Fsp3) is 0.409. The Morgan fingerprint density at radius 2 is 1.97 bits per heavy atom. The molecule has 156 valence electrons. The predicted octanol–water partition coefficient (Wildman–Crippen LogP) is 3.32. The summed E-state index contributed by atoms with van der Waals surface area (Å²) in [7, 11) is 1.82. The van der Waals surface area contributed by atoms with Gasteiger partial charge in [-0.2, -0.15) is 9.50 Å². The molecular weight excluding hydrogens is 380 g/mol. The van der Waals surface area contributed by atoms with Gasteiger partial charge in [0.2, 0.25) is 11.9 Å². The van der Waals surface area contributed by atoms with E-state index in [9.17, 15) is 4.79 Å². The molecule has 0 aliphatic carbocycles. The zero-order chi connectivity index (χ0) is 20.9. The Hall–Kier alpha value is -3.13. The second-order valence-corrected chi connectivity index (χ2v) is 8.49. The van der Waals surface area contributed by atoms with Crippen LogP contribution in [0.15, 0.2) is 36.4 Å². The molecule has 8 heteroatoms. The maximum Gasteiger partial charge on any atom is 0.247 e. The lowest BCUT2D eigenvalue weighted by Gasteiger charge is -2.24. The molecule has 0 unspecified atom stereocenters. The maximum absolute atomic E-state index is 12.5. The zero-order valence-corrected chi connectivity index (χ0v) is 17.5. The highest BCUT2D eigenvalue weighted by Gasteiger charge is 2.42. The van der Waals surface area contributed by atoms with Crippen LogP contribution >= 0.6 is 0 Å². The molecule has 0 bridgehead atoms. The van der Waals surface area contributed by atoms with Crippen molar-refractivity contribution in [2.45, 2.75) is 38.1 Å². The van der Waals surface area contributed by atoms with Crippen LogP contribution in [0.1, 0.15) is 32.3 Å². The number of ether oxygens (including phenoxy) is 1. The molecule has 1 fully saturated rings. The molecule has 8 nitrogen and oxygen atoms in total. The second-order valence-electron chi connectivity index (χ2n) is 8.49. The number of amides is 1. The largest absolute Gasteiger partial charge is 0.381 e. The van der Waals surface area contributed by atoms with Crippen LogP contribution in [0.2, 0.25) is 0 Å². The van der Waals surface area contributed by atoms with Gasteiger partial charge in [-0.25, -0.2) is 0 Å². The summed E-state index contributed by atoms with van der Waals surface area (Å²) < 4.78 is 7.27. The molecule has 1 amide bonds. The lowest BCUT2D eigenvalue weighted by Crippen LogP contribution is -2.33. The second kappa shape index (κ2) is 6.98. The SMILES string of the molecule is CN1C(=O)C(C)(C)c2ccc(Nc3nc4cccc(NC5CCOCC5)n4n3)cc21. The summed E-state index contributed by atoms with van der Waals surface area (Å²) in [6.07, 6.45) is 1.96. The van der Waals surface area contributed by atoms with Crippen molar-refractivity contribution >= 4 is 34.7 Å². The third-order valence-corrected chi connectivity index (χ3v) is 6.06. The molecule has 2 aliphatic rings. The van der Waals surface area contributed by atoms with Crippen LogP contribution in [0.4, 0.5) is 23.1 Å². The maximum atomic E-state index is 12.5. The van der Waals surface area contributed by atoms with Gasteiger partial charge in [0.1, 0.15) is 5.82 Å². The molecule has 0 saturated carbocycles. The van der Waals surface area contributed by atoms with Gasteiger partial charge in [0.25, 0.3) is 0 Å². The quantitative estimate of drug-likeness (QED) is 0.692. The zero-order valence-electron chi connectivity index (χ0n) is 17.5. The predicted molar refractivity (Wildman–Crippen MR) is 117 cm³/mol. The molecular formula is C22H26N6O2. The smallest absolute Gasteiger partial charge is 0.247 e. The Labute approximate surface area is 175 Å². The number of hydrogen-bond acceptors (Lipinski definition) is 6. The number of nitrogens with one attached hydrogen (secondary N) is 2. The number of pyridine rings is 1. The molecule has 2 aromatic heterocycles.